The van der Waals surface area contributed by atoms with E-state index in [0.29, 0.717) is 34.6 Å². The summed E-state index contributed by atoms with van der Waals surface area (Å²) in [7, 11) is 1.45. The van der Waals surface area contributed by atoms with Gasteiger partial charge in [-0.25, -0.2) is 9.97 Å². The van der Waals surface area contributed by atoms with E-state index in [-0.39, 0.29) is 11.6 Å². The van der Waals surface area contributed by atoms with E-state index in [0.717, 1.165) is 11.6 Å². The SMILES string of the molecule is C=CC(=O)Nc1c(Nc2nc(Nc3cc(OC)ncc3C)ncc2C(F)(F)F)ccc(C)c1C. The van der Waals surface area contributed by atoms with Gasteiger partial charge >= 0.3 is 6.18 Å². The van der Waals surface area contributed by atoms with E-state index in [4.69, 9.17) is 4.74 Å². The Bertz CT molecular complexity index is 1240. The highest BCUT2D eigenvalue weighted by molar-refractivity contribution is 6.02. The van der Waals surface area contributed by atoms with Crippen LogP contribution in [0.5, 0.6) is 5.88 Å². The minimum atomic E-state index is -4.72. The summed E-state index contributed by atoms with van der Waals surface area (Å²) in [5.74, 6) is -0.746. The maximum Gasteiger partial charge on any atom is 0.421 e. The minimum absolute atomic E-state index is 0.0765. The van der Waals surface area contributed by atoms with Gasteiger partial charge in [-0.3, -0.25) is 4.79 Å². The standard InChI is InChI=1S/C23H23F3N6O2/c1-6-18(33)31-20-14(4)12(2)7-8-16(20)29-21-15(23(24,25)26)11-28-22(32-21)30-17-9-19(34-5)27-10-13(17)3/h6-11H,1H2,2-5H3,(H,31,33)(H2,27,28,29,30,32). The van der Waals surface area contributed by atoms with Crippen LogP contribution in [0.25, 0.3) is 0 Å². The van der Waals surface area contributed by atoms with Gasteiger partial charge in [-0.2, -0.15) is 18.2 Å². The number of nitrogens with zero attached hydrogens (tertiary/aromatic N) is 3. The molecular formula is C23H23F3N6O2. The van der Waals surface area contributed by atoms with Crippen LogP contribution in [0, 0.1) is 20.8 Å². The average Bonchev–Trinajstić information content (AvgIpc) is 2.79. The normalized spacial score (nSPS) is 11.0. The number of pyridine rings is 1. The number of hydrogen-bond acceptors (Lipinski definition) is 7. The lowest BCUT2D eigenvalue weighted by molar-refractivity contribution is -0.137. The molecule has 8 nitrogen and oxygen atoms in total. The van der Waals surface area contributed by atoms with Crippen molar-refractivity contribution in [3.63, 3.8) is 0 Å². The summed E-state index contributed by atoms with van der Waals surface area (Å²) in [6.45, 7) is 8.75. The molecule has 3 rings (SSSR count). The van der Waals surface area contributed by atoms with E-state index in [2.05, 4.69) is 37.5 Å². The smallest absolute Gasteiger partial charge is 0.421 e. The second-order valence-corrected chi connectivity index (χ2v) is 7.37. The fourth-order valence-electron chi connectivity index (χ4n) is 3.00. The van der Waals surface area contributed by atoms with Crippen LogP contribution >= 0.6 is 0 Å². The third kappa shape index (κ3) is 5.42. The number of amides is 1. The molecule has 0 aliphatic rings. The Hall–Kier alpha value is -4.15. The lowest BCUT2D eigenvalue weighted by atomic mass is 10.1. The van der Waals surface area contributed by atoms with Crippen LogP contribution in [-0.2, 0) is 11.0 Å². The molecule has 0 unspecified atom stereocenters. The Labute approximate surface area is 194 Å². The van der Waals surface area contributed by atoms with E-state index in [9.17, 15) is 18.0 Å². The molecule has 0 saturated carbocycles. The Kier molecular flexibility index (Phi) is 7.04. The molecule has 11 heteroatoms. The number of aromatic nitrogens is 3. The number of carbonyl (C=O) groups excluding carboxylic acids is 1. The van der Waals surface area contributed by atoms with Crippen molar-refractivity contribution in [3.8, 4) is 5.88 Å². The van der Waals surface area contributed by atoms with Crippen LogP contribution in [-0.4, -0.2) is 28.0 Å². The molecule has 1 aromatic carbocycles. The van der Waals surface area contributed by atoms with Crippen LogP contribution in [0.2, 0.25) is 0 Å². The van der Waals surface area contributed by atoms with Gasteiger partial charge in [-0.05, 0) is 49.6 Å². The predicted octanol–water partition coefficient (Wildman–Crippen LogP) is 5.44. The molecule has 3 N–H and O–H groups in total. The average molecular weight is 472 g/mol. The van der Waals surface area contributed by atoms with Gasteiger partial charge in [-0.15, -0.1) is 0 Å². The number of aryl methyl sites for hydroxylation is 2. The van der Waals surface area contributed by atoms with Gasteiger partial charge in [0.2, 0.25) is 17.7 Å². The fourth-order valence-corrected chi connectivity index (χ4v) is 3.00. The molecule has 2 heterocycles. The second-order valence-electron chi connectivity index (χ2n) is 7.37. The first-order valence-electron chi connectivity index (χ1n) is 10.1. The summed E-state index contributed by atoms with van der Waals surface area (Å²) < 4.78 is 46.3. The quantitative estimate of drug-likeness (QED) is 0.394. The lowest BCUT2D eigenvalue weighted by Gasteiger charge is -2.19. The number of rotatable bonds is 7. The number of alkyl halides is 3. The number of benzene rings is 1. The molecule has 0 aliphatic carbocycles. The highest BCUT2D eigenvalue weighted by atomic mass is 19.4. The van der Waals surface area contributed by atoms with Gasteiger partial charge in [0, 0.05) is 18.5 Å². The Morgan fingerprint density at radius 1 is 1.06 bits per heavy atom. The Morgan fingerprint density at radius 2 is 1.79 bits per heavy atom. The highest BCUT2D eigenvalue weighted by Crippen LogP contribution is 2.38. The molecule has 1 amide bonds. The second kappa shape index (κ2) is 9.77. The zero-order valence-electron chi connectivity index (χ0n) is 19.0. The summed E-state index contributed by atoms with van der Waals surface area (Å²) >= 11 is 0. The maximum atomic E-state index is 13.7. The molecule has 0 saturated heterocycles. The van der Waals surface area contributed by atoms with E-state index in [1.165, 1.54) is 7.11 Å². The number of nitrogens with one attached hydrogen (secondary N) is 3. The van der Waals surface area contributed by atoms with Crippen LogP contribution in [0.15, 0.2) is 43.2 Å². The van der Waals surface area contributed by atoms with Crippen molar-refractivity contribution >= 4 is 34.7 Å². The molecule has 0 atom stereocenters. The summed E-state index contributed by atoms with van der Waals surface area (Å²) in [6.07, 6.45) is -1.41. The maximum absolute atomic E-state index is 13.7. The topological polar surface area (TPSA) is 101 Å². The van der Waals surface area contributed by atoms with Crippen LogP contribution < -0.4 is 20.7 Å². The van der Waals surface area contributed by atoms with Crippen LogP contribution in [0.1, 0.15) is 22.3 Å². The van der Waals surface area contributed by atoms with E-state index >= 15 is 0 Å². The van der Waals surface area contributed by atoms with Gasteiger partial charge in [0.05, 0.1) is 24.2 Å². The molecule has 178 valence electrons. The zero-order chi connectivity index (χ0) is 25.0. The van der Waals surface area contributed by atoms with Crippen molar-refractivity contribution in [2.45, 2.75) is 26.9 Å². The molecule has 0 spiro atoms. The number of halogens is 3. The molecule has 0 radical (unpaired) electrons. The van der Waals surface area contributed by atoms with Gasteiger partial charge in [0.15, 0.2) is 0 Å². The number of hydrogen-bond donors (Lipinski definition) is 3. The minimum Gasteiger partial charge on any atom is -0.481 e. The zero-order valence-corrected chi connectivity index (χ0v) is 19.0. The molecule has 34 heavy (non-hydrogen) atoms. The first-order valence-corrected chi connectivity index (χ1v) is 10.1. The molecular weight excluding hydrogens is 449 g/mol. The van der Waals surface area contributed by atoms with E-state index in [1.54, 1.807) is 38.2 Å². The third-order valence-electron chi connectivity index (χ3n) is 5.05. The van der Waals surface area contributed by atoms with Crippen molar-refractivity contribution < 1.29 is 22.7 Å². The summed E-state index contributed by atoms with van der Waals surface area (Å²) in [6, 6.07) is 4.87. The monoisotopic (exact) mass is 472 g/mol. The first kappa shape index (κ1) is 24.5. The number of anilines is 5. The number of ether oxygens (including phenoxy) is 1. The predicted molar refractivity (Wildman–Crippen MR) is 124 cm³/mol. The summed E-state index contributed by atoms with van der Waals surface area (Å²) in [4.78, 5) is 23.9. The molecule has 2 aromatic heterocycles. The van der Waals surface area contributed by atoms with Gasteiger partial charge in [0.1, 0.15) is 11.4 Å². The Balaban J connectivity index is 2.06. The highest BCUT2D eigenvalue weighted by Gasteiger charge is 2.35. The lowest BCUT2D eigenvalue weighted by Crippen LogP contribution is -2.15. The van der Waals surface area contributed by atoms with Gasteiger partial charge in [0.25, 0.3) is 0 Å². The molecule has 3 aromatic rings. The van der Waals surface area contributed by atoms with Crippen molar-refractivity contribution in [2.24, 2.45) is 0 Å². The molecule has 0 bridgehead atoms. The summed E-state index contributed by atoms with van der Waals surface area (Å²) in [5.41, 5.74) is 2.23. The van der Waals surface area contributed by atoms with E-state index < -0.39 is 23.5 Å². The van der Waals surface area contributed by atoms with E-state index in [1.807, 2.05) is 6.92 Å². The third-order valence-corrected chi connectivity index (χ3v) is 5.05. The van der Waals surface area contributed by atoms with Gasteiger partial charge < -0.3 is 20.7 Å². The summed E-state index contributed by atoms with van der Waals surface area (Å²) in [5, 5.41) is 8.25. The van der Waals surface area contributed by atoms with Crippen LogP contribution in [0.4, 0.5) is 42.0 Å². The van der Waals surface area contributed by atoms with Crippen molar-refractivity contribution in [3.05, 3.63) is 65.5 Å². The molecule has 0 fully saturated rings. The fraction of sp³-hybridized carbons (Fsp3) is 0.217. The van der Waals surface area contributed by atoms with Crippen molar-refractivity contribution in [2.75, 3.05) is 23.1 Å². The number of methoxy groups -OCH3 is 1. The first-order chi connectivity index (χ1) is 16.0. The number of carbonyl (C=O) groups is 1. The Morgan fingerprint density at radius 3 is 2.44 bits per heavy atom. The van der Waals surface area contributed by atoms with Crippen molar-refractivity contribution in [1.29, 1.82) is 0 Å². The molecule has 0 aliphatic heterocycles. The van der Waals surface area contributed by atoms with Crippen molar-refractivity contribution in [1.82, 2.24) is 15.0 Å². The van der Waals surface area contributed by atoms with Crippen LogP contribution in [0.3, 0.4) is 0 Å². The van der Waals surface area contributed by atoms with Gasteiger partial charge in [-0.1, -0.05) is 12.6 Å². The largest absolute Gasteiger partial charge is 0.481 e.